The lowest BCUT2D eigenvalue weighted by atomic mass is 9.44. The van der Waals surface area contributed by atoms with Gasteiger partial charge in [-0.3, -0.25) is 4.90 Å². The number of hydrogen-bond acceptors (Lipinski definition) is 4. The van der Waals surface area contributed by atoms with Crippen LogP contribution in [0.15, 0.2) is 71.1 Å². The van der Waals surface area contributed by atoms with Crippen LogP contribution in [0.4, 0.5) is 0 Å². The zero-order valence-electron chi connectivity index (χ0n) is 20.2. The summed E-state index contributed by atoms with van der Waals surface area (Å²) in [6, 6.07) is 24.3. The first kappa shape index (κ1) is 20.0. The number of hydrogen-bond donors (Lipinski definition) is 0. The maximum absolute atomic E-state index is 6.94. The highest BCUT2D eigenvalue weighted by Gasteiger charge is 2.71. The molecule has 4 aliphatic rings. The minimum atomic E-state index is -0.115. The minimum absolute atomic E-state index is 0.0228. The van der Waals surface area contributed by atoms with Crippen molar-refractivity contribution in [3.8, 4) is 11.5 Å². The van der Waals surface area contributed by atoms with Crippen molar-refractivity contribution in [1.29, 1.82) is 0 Å². The Morgan fingerprint density at radius 2 is 1.86 bits per heavy atom. The van der Waals surface area contributed by atoms with E-state index in [2.05, 4.69) is 78.6 Å². The first-order valence-electron chi connectivity index (χ1n) is 12.8. The molecule has 0 amide bonds. The average molecular weight is 464 g/mol. The lowest BCUT2D eigenvalue weighted by molar-refractivity contribution is -0.105. The van der Waals surface area contributed by atoms with Crippen molar-refractivity contribution in [3.63, 3.8) is 0 Å². The van der Waals surface area contributed by atoms with Crippen LogP contribution in [0.3, 0.4) is 0 Å². The van der Waals surface area contributed by atoms with Crippen molar-refractivity contribution in [3.05, 3.63) is 94.7 Å². The van der Waals surface area contributed by atoms with Crippen LogP contribution in [-0.4, -0.2) is 24.6 Å². The van der Waals surface area contributed by atoms with Crippen molar-refractivity contribution in [2.75, 3.05) is 13.7 Å². The van der Waals surface area contributed by atoms with Gasteiger partial charge in [0.15, 0.2) is 17.6 Å². The predicted molar refractivity (Wildman–Crippen MR) is 135 cm³/mol. The molecule has 2 aliphatic carbocycles. The fourth-order valence-corrected chi connectivity index (χ4v) is 8.20. The quantitative estimate of drug-likeness (QED) is 0.362. The Morgan fingerprint density at radius 3 is 2.71 bits per heavy atom. The summed E-state index contributed by atoms with van der Waals surface area (Å²) < 4.78 is 19.4. The fourth-order valence-electron chi connectivity index (χ4n) is 8.20. The van der Waals surface area contributed by atoms with E-state index in [0.717, 1.165) is 55.2 Å². The zero-order chi connectivity index (χ0) is 23.4. The molecule has 4 heteroatoms. The normalized spacial score (nSPS) is 30.0. The summed E-state index contributed by atoms with van der Waals surface area (Å²) in [5, 5.41) is 1.24. The van der Waals surface area contributed by atoms with E-state index < -0.39 is 0 Å². The Kier molecular flexibility index (Phi) is 3.83. The van der Waals surface area contributed by atoms with Gasteiger partial charge < -0.3 is 13.9 Å². The molecule has 0 N–H and O–H groups in total. The molecule has 1 spiro atoms. The van der Waals surface area contributed by atoms with Crippen LogP contribution in [0, 0.1) is 5.41 Å². The van der Waals surface area contributed by atoms with Crippen LogP contribution < -0.4 is 9.47 Å². The van der Waals surface area contributed by atoms with Gasteiger partial charge in [0.05, 0.1) is 12.5 Å². The van der Waals surface area contributed by atoms with Crippen LogP contribution >= 0.6 is 0 Å². The van der Waals surface area contributed by atoms with E-state index in [1.807, 2.05) is 0 Å². The summed E-state index contributed by atoms with van der Waals surface area (Å²) >= 11 is 0. The Morgan fingerprint density at radius 1 is 1.03 bits per heavy atom. The molecule has 4 atom stereocenters. The maximum Gasteiger partial charge on any atom is 0.167 e. The van der Waals surface area contributed by atoms with Crippen molar-refractivity contribution >= 4 is 11.0 Å². The Hall–Kier alpha value is -3.24. The summed E-state index contributed by atoms with van der Waals surface area (Å²) in [4.78, 5) is 2.75. The fraction of sp³-hybridized carbons (Fsp3) is 0.355. The van der Waals surface area contributed by atoms with Gasteiger partial charge in [0, 0.05) is 34.5 Å². The maximum atomic E-state index is 6.94. The standard InChI is InChI=1S/C31H29NO3/c1-30-17-22-21-10-6-7-11-23(21)34-27(22)29-31(30)14-15-32(18-19-8-4-3-5-9-19)25(30)16-20-12-13-24(33-2)28(35-29)26(20)31/h3-13,25,29H,14-18H2,1-2H3/t25-,29+,30+,31+/m1/s1. The third-order valence-corrected chi connectivity index (χ3v) is 9.70. The topological polar surface area (TPSA) is 34.8 Å². The van der Waals surface area contributed by atoms with E-state index in [1.165, 1.54) is 27.6 Å². The van der Waals surface area contributed by atoms with E-state index in [-0.39, 0.29) is 16.9 Å². The molecule has 8 rings (SSSR count). The molecule has 0 saturated carbocycles. The van der Waals surface area contributed by atoms with Crippen molar-refractivity contribution < 1.29 is 13.9 Å². The molecule has 3 aromatic carbocycles. The van der Waals surface area contributed by atoms with Crippen LogP contribution in [0.2, 0.25) is 0 Å². The van der Waals surface area contributed by atoms with Gasteiger partial charge in [-0.25, -0.2) is 0 Å². The van der Waals surface area contributed by atoms with Gasteiger partial charge >= 0.3 is 0 Å². The highest BCUT2D eigenvalue weighted by Crippen LogP contribution is 2.72. The SMILES string of the molecule is COc1ccc2c3c1O[C@H]1c4oc5ccccc5c4C[C@@]4(C)[C@@H](C2)N(Cc2ccccc2)CC[C@]314. The monoisotopic (exact) mass is 463 g/mol. The van der Waals surface area contributed by atoms with Crippen LogP contribution in [0.5, 0.6) is 11.5 Å². The number of para-hydroxylation sites is 1. The van der Waals surface area contributed by atoms with E-state index >= 15 is 0 Å². The van der Waals surface area contributed by atoms with Gasteiger partial charge in [0.25, 0.3) is 0 Å². The van der Waals surface area contributed by atoms with Crippen LogP contribution in [-0.2, 0) is 24.8 Å². The Bertz CT molecular complexity index is 1490. The van der Waals surface area contributed by atoms with Gasteiger partial charge in [-0.1, -0.05) is 61.5 Å². The van der Waals surface area contributed by atoms with Gasteiger partial charge in [0.2, 0.25) is 0 Å². The number of methoxy groups -OCH3 is 1. The third kappa shape index (κ3) is 2.32. The molecule has 1 fully saturated rings. The van der Waals surface area contributed by atoms with Gasteiger partial charge in [-0.05, 0) is 49.1 Å². The number of likely N-dealkylation sites (tertiary alicyclic amines) is 1. The summed E-state index contributed by atoms with van der Waals surface area (Å²) in [5.74, 6) is 2.83. The van der Waals surface area contributed by atoms with Crippen LogP contribution in [0.1, 0.15) is 47.5 Å². The molecule has 0 unspecified atom stereocenters. The van der Waals surface area contributed by atoms with E-state index in [9.17, 15) is 0 Å². The molecular formula is C31H29NO3. The predicted octanol–water partition coefficient (Wildman–Crippen LogP) is 6.21. The number of fused-ring (bicyclic) bond motifs is 4. The third-order valence-electron chi connectivity index (χ3n) is 9.70. The highest BCUT2D eigenvalue weighted by molar-refractivity contribution is 5.83. The highest BCUT2D eigenvalue weighted by atomic mass is 16.5. The molecule has 176 valence electrons. The molecule has 1 aromatic heterocycles. The largest absolute Gasteiger partial charge is 0.493 e. The molecular weight excluding hydrogens is 434 g/mol. The van der Waals surface area contributed by atoms with Gasteiger partial charge in [0.1, 0.15) is 11.3 Å². The van der Waals surface area contributed by atoms with Gasteiger partial charge in [-0.15, -0.1) is 0 Å². The molecule has 2 bridgehead atoms. The number of benzene rings is 3. The number of rotatable bonds is 3. The molecule has 35 heavy (non-hydrogen) atoms. The molecule has 0 radical (unpaired) electrons. The Labute approximate surface area is 205 Å². The minimum Gasteiger partial charge on any atom is -0.493 e. The zero-order valence-corrected chi connectivity index (χ0v) is 20.2. The number of nitrogens with zero attached hydrogens (tertiary/aromatic N) is 1. The smallest absolute Gasteiger partial charge is 0.167 e. The number of piperidine rings is 1. The molecule has 3 heterocycles. The van der Waals surface area contributed by atoms with E-state index in [1.54, 1.807) is 7.11 Å². The molecule has 1 saturated heterocycles. The molecule has 2 aliphatic heterocycles. The second kappa shape index (κ2) is 6.70. The summed E-state index contributed by atoms with van der Waals surface area (Å²) in [6.07, 6.45) is 2.99. The van der Waals surface area contributed by atoms with Crippen molar-refractivity contribution in [1.82, 2.24) is 4.90 Å². The average Bonchev–Trinajstić information content (AvgIpc) is 3.41. The van der Waals surface area contributed by atoms with E-state index in [4.69, 9.17) is 13.9 Å². The van der Waals surface area contributed by atoms with Gasteiger partial charge in [-0.2, -0.15) is 0 Å². The second-order valence-corrected chi connectivity index (χ2v) is 11.1. The summed E-state index contributed by atoms with van der Waals surface area (Å²) in [5.41, 5.74) is 6.43. The lowest BCUT2D eigenvalue weighted by Crippen LogP contribution is -2.68. The van der Waals surface area contributed by atoms with Crippen LogP contribution in [0.25, 0.3) is 11.0 Å². The second-order valence-electron chi connectivity index (χ2n) is 11.1. The van der Waals surface area contributed by atoms with E-state index in [0.29, 0.717) is 6.04 Å². The number of furan rings is 1. The Balaban J connectivity index is 1.37. The molecule has 4 aromatic rings. The summed E-state index contributed by atoms with van der Waals surface area (Å²) in [6.45, 7) is 4.58. The lowest BCUT2D eigenvalue weighted by Gasteiger charge is -2.64. The molecule has 4 nitrogen and oxygen atoms in total. The summed E-state index contributed by atoms with van der Waals surface area (Å²) in [7, 11) is 1.75. The first-order chi connectivity index (χ1) is 17.1. The first-order valence-corrected chi connectivity index (χ1v) is 12.8. The number of ether oxygens (including phenoxy) is 2. The van der Waals surface area contributed by atoms with Crippen molar-refractivity contribution in [2.24, 2.45) is 5.41 Å². The van der Waals surface area contributed by atoms with Crippen molar-refractivity contribution in [2.45, 2.75) is 50.3 Å².